The van der Waals surface area contributed by atoms with Gasteiger partial charge in [-0.05, 0) is 46.2 Å². The Labute approximate surface area is 196 Å². The molecular formula is C24H33N3O4S. The molecule has 0 radical (unpaired) electrons. The van der Waals surface area contributed by atoms with E-state index in [-0.39, 0.29) is 18.3 Å². The predicted octanol–water partition coefficient (Wildman–Crippen LogP) is 3.07. The fourth-order valence-electron chi connectivity index (χ4n) is 2.98. The fourth-order valence-corrected chi connectivity index (χ4v) is 3.23. The summed E-state index contributed by atoms with van der Waals surface area (Å²) in [6, 6.07) is 4.70. The van der Waals surface area contributed by atoms with Gasteiger partial charge in [0.15, 0.2) is 0 Å². The van der Waals surface area contributed by atoms with Gasteiger partial charge in [0.25, 0.3) is 0 Å². The molecule has 0 saturated heterocycles. The number of nitrogens with zero attached hydrogens (tertiary/aromatic N) is 1. The van der Waals surface area contributed by atoms with Crippen LogP contribution in [0.25, 0.3) is 0 Å². The Morgan fingerprint density at radius 2 is 1.88 bits per heavy atom. The summed E-state index contributed by atoms with van der Waals surface area (Å²) < 4.78 is 5.26. The number of alkyl carbamates (subject to hydrolysis) is 1. The Bertz CT molecular complexity index is 871. The molecule has 0 heterocycles. The molecule has 2 unspecified atom stereocenters. The third-order valence-corrected chi connectivity index (χ3v) is 4.55. The zero-order valence-corrected chi connectivity index (χ0v) is 20.2. The highest BCUT2D eigenvalue weighted by Gasteiger charge is 2.36. The Balaban J connectivity index is 3.41. The molecule has 1 aromatic carbocycles. The van der Waals surface area contributed by atoms with E-state index in [1.807, 2.05) is 13.8 Å². The minimum Gasteiger partial charge on any atom is -0.444 e. The van der Waals surface area contributed by atoms with Crippen molar-refractivity contribution >= 4 is 30.5 Å². The van der Waals surface area contributed by atoms with Gasteiger partial charge in [-0.2, -0.15) is 12.6 Å². The van der Waals surface area contributed by atoms with Gasteiger partial charge in [0, 0.05) is 23.9 Å². The van der Waals surface area contributed by atoms with Gasteiger partial charge >= 0.3 is 6.09 Å². The van der Waals surface area contributed by atoms with Crippen LogP contribution in [0, 0.1) is 12.3 Å². The molecule has 1 rings (SSSR count). The molecule has 0 aliphatic carbocycles. The zero-order valence-electron chi connectivity index (χ0n) is 19.3. The first-order valence-corrected chi connectivity index (χ1v) is 11.0. The Kier molecular flexibility index (Phi) is 10.3. The second-order valence-corrected chi connectivity index (χ2v) is 8.82. The molecular weight excluding hydrogens is 426 g/mol. The third-order valence-electron chi connectivity index (χ3n) is 4.18. The maximum Gasteiger partial charge on any atom is 0.408 e. The quantitative estimate of drug-likeness (QED) is 0.301. The number of benzene rings is 1. The summed E-state index contributed by atoms with van der Waals surface area (Å²) in [5, 5.41) is 5.39. The SMILES string of the molecule is C#Cc1ccccc1C(C(=O)NC(C)C)N(CC=C)C(=O)C(CS)NC(=O)OC(C)(C)C. The Morgan fingerprint density at radius 1 is 1.25 bits per heavy atom. The van der Waals surface area contributed by atoms with Gasteiger partial charge in [-0.1, -0.05) is 30.2 Å². The molecule has 2 atom stereocenters. The van der Waals surface area contributed by atoms with E-state index in [4.69, 9.17) is 11.2 Å². The van der Waals surface area contributed by atoms with Gasteiger partial charge in [0.2, 0.25) is 11.8 Å². The second-order valence-electron chi connectivity index (χ2n) is 8.46. The number of rotatable bonds is 9. The maximum absolute atomic E-state index is 13.5. The summed E-state index contributed by atoms with van der Waals surface area (Å²) >= 11 is 4.23. The number of thiol groups is 1. The van der Waals surface area contributed by atoms with E-state index < -0.39 is 35.6 Å². The highest BCUT2D eigenvalue weighted by molar-refractivity contribution is 7.80. The van der Waals surface area contributed by atoms with Gasteiger partial charge in [-0.3, -0.25) is 9.59 Å². The average molecular weight is 460 g/mol. The van der Waals surface area contributed by atoms with Crippen molar-refractivity contribution in [3.63, 3.8) is 0 Å². The van der Waals surface area contributed by atoms with Crippen LogP contribution in [0.5, 0.6) is 0 Å². The number of carbonyl (C=O) groups excluding carboxylic acids is 3. The topological polar surface area (TPSA) is 87.7 Å². The number of nitrogens with one attached hydrogen (secondary N) is 2. The molecule has 0 saturated carbocycles. The number of hydrogen-bond acceptors (Lipinski definition) is 5. The van der Waals surface area contributed by atoms with Crippen molar-refractivity contribution in [2.75, 3.05) is 12.3 Å². The lowest BCUT2D eigenvalue weighted by atomic mass is 9.97. The minimum atomic E-state index is -1.03. The molecule has 0 aliphatic heterocycles. The van der Waals surface area contributed by atoms with Crippen molar-refractivity contribution in [3.8, 4) is 12.3 Å². The van der Waals surface area contributed by atoms with Crippen molar-refractivity contribution in [1.29, 1.82) is 0 Å². The average Bonchev–Trinajstić information content (AvgIpc) is 2.69. The van der Waals surface area contributed by atoms with Crippen molar-refractivity contribution in [3.05, 3.63) is 48.0 Å². The standard InChI is InChI=1S/C24H33N3O4S/c1-8-14-27(22(29)19(15-32)26-23(30)31-24(5,6)7)20(21(28)25-16(3)4)18-13-11-10-12-17(18)9-2/h2,8,10-13,16,19-20,32H,1,14-15H2,3-7H3,(H,25,28)(H,26,30). The normalized spacial score (nSPS) is 12.8. The summed E-state index contributed by atoms with van der Waals surface area (Å²) in [4.78, 5) is 40.3. The summed E-state index contributed by atoms with van der Waals surface area (Å²) in [5.74, 6) is 1.67. The van der Waals surface area contributed by atoms with E-state index in [1.165, 1.54) is 11.0 Å². The van der Waals surface area contributed by atoms with Crippen LogP contribution in [0.4, 0.5) is 4.79 Å². The first-order chi connectivity index (χ1) is 14.9. The lowest BCUT2D eigenvalue weighted by Crippen LogP contribution is -2.54. The molecule has 7 nitrogen and oxygen atoms in total. The molecule has 3 amide bonds. The number of ether oxygens (including phenoxy) is 1. The number of carbonyl (C=O) groups is 3. The molecule has 0 aliphatic rings. The van der Waals surface area contributed by atoms with Crippen LogP contribution >= 0.6 is 12.6 Å². The summed E-state index contributed by atoms with van der Waals surface area (Å²) in [6.07, 6.45) is 6.41. The van der Waals surface area contributed by atoms with E-state index in [2.05, 4.69) is 35.8 Å². The second kappa shape index (κ2) is 12.2. The highest BCUT2D eigenvalue weighted by Crippen LogP contribution is 2.26. The Morgan fingerprint density at radius 3 is 2.38 bits per heavy atom. The van der Waals surface area contributed by atoms with E-state index in [0.29, 0.717) is 11.1 Å². The van der Waals surface area contributed by atoms with E-state index in [0.717, 1.165) is 0 Å². The van der Waals surface area contributed by atoms with Crippen LogP contribution in [0.2, 0.25) is 0 Å². The van der Waals surface area contributed by atoms with Crippen molar-refractivity contribution in [2.45, 2.75) is 58.3 Å². The number of hydrogen-bond donors (Lipinski definition) is 3. The van der Waals surface area contributed by atoms with E-state index >= 15 is 0 Å². The molecule has 174 valence electrons. The summed E-state index contributed by atoms with van der Waals surface area (Å²) in [7, 11) is 0. The van der Waals surface area contributed by atoms with Crippen LogP contribution in [0.1, 0.15) is 51.8 Å². The van der Waals surface area contributed by atoms with Crippen LogP contribution in [0.3, 0.4) is 0 Å². The summed E-state index contributed by atoms with van der Waals surface area (Å²) in [6.45, 7) is 12.6. The van der Waals surface area contributed by atoms with Gasteiger partial charge < -0.3 is 20.3 Å². The monoisotopic (exact) mass is 459 g/mol. The number of amides is 3. The van der Waals surface area contributed by atoms with Gasteiger partial charge in [-0.15, -0.1) is 13.0 Å². The maximum atomic E-state index is 13.5. The first-order valence-electron chi connectivity index (χ1n) is 10.3. The third kappa shape index (κ3) is 7.97. The van der Waals surface area contributed by atoms with Crippen LogP contribution in [-0.4, -0.2) is 52.8 Å². The van der Waals surface area contributed by atoms with Crippen LogP contribution < -0.4 is 10.6 Å². The molecule has 32 heavy (non-hydrogen) atoms. The molecule has 8 heteroatoms. The van der Waals surface area contributed by atoms with Crippen LogP contribution in [0.15, 0.2) is 36.9 Å². The highest BCUT2D eigenvalue weighted by atomic mass is 32.1. The van der Waals surface area contributed by atoms with Gasteiger partial charge in [0.1, 0.15) is 17.7 Å². The molecule has 2 N–H and O–H groups in total. The lowest BCUT2D eigenvalue weighted by Gasteiger charge is -2.34. The first kappa shape index (κ1) is 27.1. The predicted molar refractivity (Wildman–Crippen MR) is 129 cm³/mol. The molecule has 0 bridgehead atoms. The van der Waals surface area contributed by atoms with Crippen molar-refractivity contribution in [1.82, 2.24) is 15.5 Å². The smallest absolute Gasteiger partial charge is 0.408 e. The minimum absolute atomic E-state index is 0.00102. The largest absolute Gasteiger partial charge is 0.444 e. The molecule has 0 fully saturated rings. The number of terminal acetylenes is 1. The van der Waals surface area contributed by atoms with E-state index in [1.54, 1.807) is 45.0 Å². The molecule has 1 aromatic rings. The van der Waals surface area contributed by atoms with Crippen LogP contribution in [-0.2, 0) is 14.3 Å². The van der Waals surface area contributed by atoms with Crippen molar-refractivity contribution in [2.24, 2.45) is 0 Å². The molecule has 0 aromatic heterocycles. The van der Waals surface area contributed by atoms with Crippen molar-refractivity contribution < 1.29 is 19.1 Å². The van der Waals surface area contributed by atoms with Gasteiger partial charge in [0.05, 0.1) is 0 Å². The summed E-state index contributed by atoms with van der Waals surface area (Å²) in [5.41, 5.74) is 0.250. The molecule has 0 spiro atoms. The fraction of sp³-hybridized carbons (Fsp3) is 0.458. The lowest BCUT2D eigenvalue weighted by molar-refractivity contribution is -0.141. The Hall–Kier alpha value is -2.92. The van der Waals surface area contributed by atoms with Gasteiger partial charge in [-0.25, -0.2) is 4.79 Å². The van der Waals surface area contributed by atoms with E-state index in [9.17, 15) is 14.4 Å². The zero-order chi connectivity index (χ0) is 24.5.